The van der Waals surface area contributed by atoms with Crippen molar-refractivity contribution in [1.82, 2.24) is 10.2 Å². The Morgan fingerprint density at radius 2 is 2.00 bits per heavy atom. The van der Waals surface area contributed by atoms with Gasteiger partial charge < -0.3 is 15.0 Å². The van der Waals surface area contributed by atoms with Crippen molar-refractivity contribution in [1.29, 1.82) is 0 Å². The summed E-state index contributed by atoms with van der Waals surface area (Å²) < 4.78 is 41.6. The van der Waals surface area contributed by atoms with Crippen molar-refractivity contribution in [2.45, 2.75) is 31.9 Å². The highest BCUT2D eigenvalue weighted by Crippen LogP contribution is 2.19. The molecule has 0 bridgehead atoms. The molecule has 20 heavy (non-hydrogen) atoms. The lowest BCUT2D eigenvalue weighted by Gasteiger charge is -2.26. The van der Waals surface area contributed by atoms with E-state index in [-0.39, 0.29) is 6.54 Å². The van der Waals surface area contributed by atoms with E-state index in [0.717, 1.165) is 39.0 Å². The summed E-state index contributed by atoms with van der Waals surface area (Å²) in [6.07, 6.45) is -1.84. The number of aliphatic imine (C=N–C) groups is 1. The molecule has 0 spiro atoms. The Balaban J connectivity index is 2.26. The fourth-order valence-corrected chi connectivity index (χ4v) is 2.22. The van der Waals surface area contributed by atoms with Crippen LogP contribution in [0.15, 0.2) is 4.99 Å². The maximum Gasteiger partial charge on any atom is 0.390 e. The normalized spacial score (nSPS) is 18.1. The van der Waals surface area contributed by atoms with E-state index >= 15 is 0 Å². The van der Waals surface area contributed by atoms with Crippen molar-refractivity contribution in [3.8, 4) is 0 Å². The number of hydrogen-bond donors (Lipinski definition) is 1. The van der Waals surface area contributed by atoms with E-state index in [1.807, 2.05) is 11.9 Å². The van der Waals surface area contributed by atoms with Crippen LogP contribution in [0.2, 0.25) is 0 Å². The van der Waals surface area contributed by atoms with E-state index in [1.165, 1.54) is 0 Å². The molecule has 0 aromatic rings. The Bertz CT molecular complexity index is 302. The summed E-state index contributed by atoms with van der Waals surface area (Å²) in [5, 5.41) is 2.74. The lowest BCUT2D eigenvalue weighted by Crippen LogP contribution is -2.41. The summed E-state index contributed by atoms with van der Waals surface area (Å²) in [5.74, 6) is 1.15. The Morgan fingerprint density at radius 3 is 2.55 bits per heavy atom. The van der Waals surface area contributed by atoms with Gasteiger partial charge in [-0.3, -0.25) is 4.99 Å². The fraction of sp³-hybridized carbons (Fsp3) is 0.923. The molecule has 1 rings (SSSR count). The number of alkyl halides is 3. The van der Waals surface area contributed by atoms with Crippen molar-refractivity contribution >= 4 is 5.96 Å². The molecule has 4 nitrogen and oxygen atoms in total. The molecule has 0 atom stereocenters. The minimum absolute atomic E-state index is 0.141. The van der Waals surface area contributed by atoms with E-state index in [0.29, 0.717) is 11.9 Å². The van der Waals surface area contributed by atoms with Crippen molar-refractivity contribution in [3.63, 3.8) is 0 Å². The van der Waals surface area contributed by atoms with Gasteiger partial charge in [0.25, 0.3) is 0 Å². The summed E-state index contributed by atoms with van der Waals surface area (Å²) >= 11 is 0. The second-order valence-electron chi connectivity index (χ2n) is 5.11. The van der Waals surface area contributed by atoms with Crippen LogP contribution in [0.1, 0.15) is 25.7 Å². The maximum atomic E-state index is 12.1. The van der Waals surface area contributed by atoms with Crippen molar-refractivity contribution in [2.24, 2.45) is 10.9 Å². The van der Waals surface area contributed by atoms with Crippen LogP contribution in [0.25, 0.3) is 0 Å². The molecule has 1 fully saturated rings. The van der Waals surface area contributed by atoms with Crippen LogP contribution in [0.4, 0.5) is 13.2 Å². The van der Waals surface area contributed by atoms with Gasteiger partial charge in [-0.15, -0.1) is 0 Å². The van der Waals surface area contributed by atoms with Gasteiger partial charge >= 0.3 is 6.18 Å². The summed E-state index contributed by atoms with van der Waals surface area (Å²) in [6, 6.07) is 0. The smallest absolute Gasteiger partial charge is 0.381 e. The Hall–Kier alpha value is -0.980. The number of guanidine groups is 1. The molecule has 1 aliphatic heterocycles. The molecular weight excluding hydrogens is 271 g/mol. The quantitative estimate of drug-likeness (QED) is 0.624. The minimum atomic E-state index is -4.13. The third-order valence-corrected chi connectivity index (χ3v) is 3.48. The topological polar surface area (TPSA) is 36.9 Å². The number of ether oxygens (including phenoxy) is 1. The van der Waals surface area contributed by atoms with Crippen LogP contribution in [0, 0.1) is 5.92 Å². The zero-order chi connectivity index (χ0) is 15.0. The van der Waals surface area contributed by atoms with Crippen molar-refractivity contribution in [2.75, 3.05) is 40.4 Å². The van der Waals surface area contributed by atoms with Crippen LogP contribution >= 0.6 is 0 Å². The Kier molecular flexibility index (Phi) is 7.12. The monoisotopic (exact) mass is 295 g/mol. The second-order valence-corrected chi connectivity index (χ2v) is 5.11. The predicted molar refractivity (Wildman–Crippen MR) is 72.8 cm³/mol. The number of halogens is 3. The van der Waals surface area contributed by atoms with Crippen molar-refractivity contribution < 1.29 is 17.9 Å². The molecule has 0 unspecified atom stereocenters. The zero-order valence-electron chi connectivity index (χ0n) is 12.2. The van der Waals surface area contributed by atoms with E-state index in [1.54, 1.807) is 7.05 Å². The highest BCUT2D eigenvalue weighted by molar-refractivity contribution is 5.79. The highest BCUT2D eigenvalue weighted by atomic mass is 19.4. The first-order valence-electron chi connectivity index (χ1n) is 6.98. The third kappa shape index (κ3) is 6.98. The molecule has 1 heterocycles. The van der Waals surface area contributed by atoms with Gasteiger partial charge in [-0.2, -0.15) is 13.2 Å². The number of nitrogens with zero attached hydrogens (tertiary/aromatic N) is 2. The van der Waals surface area contributed by atoms with Gasteiger partial charge in [0.2, 0.25) is 0 Å². The van der Waals surface area contributed by atoms with Crippen LogP contribution in [0.5, 0.6) is 0 Å². The molecule has 1 N–H and O–H groups in total. The summed E-state index contributed by atoms with van der Waals surface area (Å²) in [6.45, 7) is 2.27. The third-order valence-electron chi connectivity index (χ3n) is 3.48. The standard InChI is InChI=1S/C13H24F3N3O/c1-17-12(18-7-6-13(14,15)16)19(2)8-3-11-4-9-20-10-5-11/h11H,3-10H2,1-2H3,(H,17,18). The molecule has 0 amide bonds. The van der Waals surface area contributed by atoms with Crippen LogP contribution in [-0.2, 0) is 4.74 Å². The summed E-state index contributed by atoms with van der Waals surface area (Å²) in [4.78, 5) is 5.89. The van der Waals surface area contributed by atoms with Gasteiger partial charge in [-0.25, -0.2) is 0 Å². The van der Waals surface area contributed by atoms with Crippen LogP contribution in [0.3, 0.4) is 0 Å². The average molecular weight is 295 g/mol. The van der Waals surface area contributed by atoms with Crippen LogP contribution in [-0.4, -0.2) is 57.4 Å². The molecular formula is C13H24F3N3O. The molecule has 1 saturated heterocycles. The predicted octanol–water partition coefficient (Wildman–Crippen LogP) is 2.26. The van der Waals surface area contributed by atoms with Gasteiger partial charge in [-0.05, 0) is 25.2 Å². The Labute approximate surface area is 118 Å². The molecule has 0 aromatic carbocycles. The first-order chi connectivity index (χ1) is 9.42. The molecule has 1 aliphatic rings. The van der Waals surface area contributed by atoms with Gasteiger partial charge in [-0.1, -0.05) is 0 Å². The summed E-state index contributed by atoms with van der Waals surface area (Å²) in [5.41, 5.74) is 0. The SMILES string of the molecule is CN=C(NCCC(F)(F)F)N(C)CCC1CCOCC1. The fourth-order valence-electron chi connectivity index (χ4n) is 2.22. The molecule has 0 aromatic heterocycles. The van der Waals surface area contributed by atoms with E-state index in [9.17, 15) is 13.2 Å². The lowest BCUT2D eigenvalue weighted by molar-refractivity contribution is -0.132. The first kappa shape index (κ1) is 17.1. The molecule has 0 aliphatic carbocycles. The highest BCUT2D eigenvalue weighted by Gasteiger charge is 2.26. The first-order valence-corrected chi connectivity index (χ1v) is 6.98. The molecule has 118 valence electrons. The minimum Gasteiger partial charge on any atom is -0.381 e. The second kappa shape index (κ2) is 8.34. The molecule has 0 saturated carbocycles. The Morgan fingerprint density at radius 1 is 1.35 bits per heavy atom. The number of rotatable bonds is 5. The lowest BCUT2D eigenvalue weighted by atomic mass is 9.96. The average Bonchev–Trinajstić information content (AvgIpc) is 2.41. The zero-order valence-corrected chi connectivity index (χ0v) is 12.2. The molecule has 0 radical (unpaired) electrons. The van der Waals surface area contributed by atoms with Gasteiger partial charge in [0.1, 0.15) is 0 Å². The van der Waals surface area contributed by atoms with Crippen molar-refractivity contribution in [3.05, 3.63) is 0 Å². The maximum absolute atomic E-state index is 12.1. The van der Waals surface area contributed by atoms with Gasteiger partial charge in [0, 0.05) is 40.4 Å². The summed E-state index contributed by atoms with van der Waals surface area (Å²) in [7, 11) is 3.43. The molecule has 7 heteroatoms. The number of nitrogens with one attached hydrogen (secondary N) is 1. The van der Waals surface area contributed by atoms with Gasteiger partial charge in [0.05, 0.1) is 6.42 Å². The van der Waals surface area contributed by atoms with Crippen LogP contribution < -0.4 is 5.32 Å². The number of hydrogen-bond acceptors (Lipinski definition) is 2. The van der Waals surface area contributed by atoms with E-state index in [2.05, 4.69) is 10.3 Å². The van der Waals surface area contributed by atoms with E-state index in [4.69, 9.17) is 4.74 Å². The largest absolute Gasteiger partial charge is 0.390 e. The van der Waals surface area contributed by atoms with E-state index < -0.39 is 12.6 Å². The van der Waals surface area contributed by atoms with Gasteiger partial charge in [0.15, 0.2) is 5.96 Å².